The summed E-state index contributed by atoms with van der Waals surface area (Å²) in [6, 6.07) is 26.0. The number of para-hydroxylation sites is 1. The van der Waals surface area contributed by atoms with Gasteiger partial charge in [-0.05, 0) is 115 Å². The molecule has 3 heteroatoms. The highest BCUT2D eigenvalue weighted by molar-refractivity contribution is 7.84. The van der Waals surface area contributed by atoms with Gasteiger partial charge in [-0.1, -0.05) is 58.0 Å². The SMILES string of the molecule is CC(C)c1ccc(N(c2ccccc2)c2ccc(C(C)C)cc2[P+](C)(C(C)C)C(C)C)c([P+](C)(C(C)C)C(C)C)c1. The van der Waals surface area contributed by atoms with Crippen LogP contribution in [-0.4, -0.2) is 36.0 Å². The monoisotopic (exact) mass is 591 g/mol. The largest absolute Gasteiger partial charge is 0.303 e. The third kappa shape index (κ3) is 6.48. The lowest BCUT2D eigenvalue weighted by molar-refractivity contribution is 0.867. The molecule has 0 aliphatic heterocycles. The minimum atomic E-state index is -1.52. The first-order valence-corrected chi connectivity index (χ1v) is 20.7. The molecule has 41 heavy (non-hydrogen) atoms. The van der Waals surface area contributed by atoms with E-state index in [1.165, 1.54) is 28.2 Å². The average molecular weight is 592 g/mol. The van der Waals surface area contributed by atoms with Gasteiger partial charge in [-0.2, -0.15) is 0 Å². The molecule has 0 fully saturated rings. The Hall–Kier alpha value is -1.68. The zero-order valence-corrected chi connectivity index (χ0v) is 30.4. The predicted molar refractivity (Wildman–Crippen MR) is 195 cm³/mol. The molecule has 0 spiro atoms. The van der Waals surface area contributed by atoms with Crippen LogP contribution in [0.3, 0.4) is 0 Å². The normalized spacial score (nSPS) is 13.0. The molecule has 0 aromatic heterocycles. The first-order valence-electron chi connectivity index (χ1n) is 15.9. The van der Waals surface area contributed by atoms with Crippen LogP contribution in [0, 0.1) is 0 Å². The van der Waals surface area contributed by atoms with E-state index >= 15 is 0 Å². The zero-order chi connectivity index (χ0) is 30.9. The summed E-state index contributed by atoms with van der Waals surface area (Å²) in [7, 11) is -3.03. The Labute approximate surface area is 255 Å². The number of nitrogens with zero attached hydrogens (tertiary/aromatic N) is 1. The lowest BCUT2D eigenvalue weighted by Crippen LogP contribution is -2.33. The molecule has 0 unspecified atom stereocenters. The Balaban J connectivity index is 2.55. The number of rotatable bonds is 11. The van der Waals surface area contributed by atoms with E-state index < -0.39 is 14.5 Å². The number of benzene rings is 3. The average Bonchev–Trinajstić information content (AvgIpc) is 2.92. The Morgan fingerprint density at radius 3 is 1.10 bits per heavy atom. The summed E-state index contributed by atoms with van der Waals surface area (Å²) >= 11 is 0. The fourth-order valence-corrected chi connectivity index (χ4v) is 13.0. The summed E-state index contributed by atoms with van der Waals surface area (Å²) in [6.07, 6.45) is 0. The van der Waals surface area contributed by atoms with Crippen molar-refractivity contribution in [3.63, 3.8) is 0 Å². The molecule has 3 rings (SSSR count). The Morgan fingerprint density at radius 1 is 0.463 bits per heavy atom. The molecular weight excluding hydrogens is 532 g/mol. The molecule has 3 aromatic rings. The molecule has 0 amide bonds. The van der Waals surface area contributed by atoms with Crippen LogP contribution in [0.5, 0.6) is 0 Å². The minimum absolute atomic E-state index is 0.498. The van der Waals surface area contributed by atoms with Crippen LogP contribution >= 0.6 is 14.5 Å². The summed E-state index contributed by atoms with van der Waals surface area (Å²) in [5.41, 5.74) is 9.31. The van der Waals surface area contributed by atoms with Crippen LogP contribution < -0.4 is 15.5 Å². The molecular formula is C38H59NP2+2. The predicted octanol–water partition coefficient (Wildman–Crippen LogP) is 11.6. The second-order valence-corrected chi connectivity index (χ2v) is 23.8. The summed E-state index contributed by atoms with van der Waals surface area (Å²) in [6.45, 7) is 34.2. The van der Waals surface area contributed by atoms with Crippen molar-refractivity contribution in [2.24, 2.45) is 0 Å². The van der Waals surface area contributed by atoms with Crippen LogP contribution in [0.1, 0.15) is 106 Å². The van der Waals surface area contributed by atoms with Crippen LogP contribution in [0.25, 0.3) is 0 Å². The highest BCUT2D eigenvalue weighted by atomic mass is 31.2. The number of hydrogen-bond acceptors (Lipinski definition) is 1. The molecule has 1 nitrogen and oxygen atoms in total. The van der Waals surface area contributed by atoms with Gasteiger partial charge in [0.05, 0.1) is 61.9 Å². The fourth-order valence-electron chi connectivity index (χ4n) is 6.24. The number of hydrogen-bond donors (Lipinski definition) is 0. The Kier molecular flexibility index (Phi) is 11.0. The first kappa shape index (κ1) is 33.8. The molecule has 0 aliphatic rings. The smallest absolute Gasteiger partial charge is 0.118 e. The van der Waals surface area contributed by atoms with Crippen molar-refractivity contribution in [2.45, 2.75) is 118 Å². The van der Waals surface area contributed by atoms with Gasteiger partial charge in [0.1, 0.15) is 10.6 Å². The molecule has 3 aromatic carbocycles. The van der Waals surface area contributed by atoms with Gasteiger partial charge in [0, 0.05) is 5.69 Å². The van der Waals surface area contributed by atoms with Crippen molar-refractivity contribution in [1.29, 1.82) is 0 Å². The lowest BCUT2D eigenvalue weighted by atomic mass is 10.0. The van der Waals surface area contributed by atoms with Gasteiger partial charge in [-0.3, -0.25) is 0 Å². The van der Waals surface area contributed by atoms with Gasteiger partial charge >= 0.3 is 0 Å². The van der Waals surface area contributed by atoms with Crippen molar-refractivity contribution in [1.82, 2.24) is 0 Å². The highest BCUT2D eigenvalue weighted by Gasteiger charge is 2.47. The summed E-state index contributed by atoms with van der Waals surface area (Å²) < 4.78 is 0. The van der Waals surface area contributed by atoms with Gasteiger partial charge in [0.15, 0.2) is 0 Å². The first-order chi connectivity index (χ1) is 19.1. The van der Waals surface area contributed by atoms with E-state index in [1.54, 1.807) is 10.6 Å². The number of anilines is 3. The third-order valence-corrected chi connectivity index (χ3v) is 21.5. The summed E-state index contributed by atoms with van der Waals surface area (Å²) in [5.74, 6) is 0.996. The molecule has 0 radical (unpaired) electrons. The van der Waals surface area contributed by atoms with Crippen molar-refractivity contribution < 1.29 is 0 Å². The molecule has 0 bridgehead atoms. The van der Waals surface area contributed by atoms with Crippen molar-refractivity contribution in [2.75, 3.05) is 18.2 Å². The zero-order valence-electron chi connectivity index (χ0n) is 28.7. The van der Waals surface area contributed by atoms with Gasteiger partial charge in [-0.25, -0.2) is 0 Å². The standard InChI is InChI=1S/C38H59NP2/c1-26(2)32-20-22-35(37(24-32)40(13,28(5)6)29(7)8)39(34-18-16-15-17-19-34)36-23-21-33(27(3)4)25-38(36)41(14,30(9)10)31(11)12/h15-31H,1-14H3/q+2. The van der Waals surface area contributed by atoms with Crippen LogP contribution in [0.15, 0.2) is 66.7 Å². The third-order valence-electron chi connectivity index (χ3n) is 10.2. The van der Waals surface area contributed by atoms with Gasteiger partial charge < -0.3 is 4.90 Å². The second-order valence-electron chi connectivity index (χ2n) is 14.1. The van der Waals surface area contributed by atoms with Crippen molar-refractivity contribution in [3.8, 4) is 0 Å². The summed E-state index contributed by atoms with van der Waals surface area (Å²) in [5, 5.41) is 3.15. The Bertz CT molecular complexity index is 1190. The molecule has 0 saturated heterocycles. The summed E-state index contributed by atoms with van der Waals surface area (Å²) in [4.78, 5) is 2.64. The lowest BCUT2D eigenvalue weighted by Gasteiger charge is -2.38. The minimum Gasteiger partial charge on any atom is -0.303 e. The maximum absolute atomic E-state index is 2.64. The molecule has 0 N–H and O–H groups in total. The van der Waals surface area contributed by atoms with E-state index in [1.807, 2.05) is 0 Å². The van der Waals surface area contributed by atoms with Crippen LogP contribution in [-0.2, 0) is 0 Å². The van der Waals surface area contributed by atoms with E-state index in [0.717, 1.165) is 0 Å². The molecule has 0 aliphatic carbocycles. The van der Waals surface area contributed by atoms with E-state index in [-0.39, 0.29) is 0 Å². The van der Waals surface area contributed by atoms with Crippen LogP contribution in [0.4, 0.5) is 17.1 Å². The maximum atomic E-state index is 2.64. The van der Waals surface area contributed by atoms with E-state index in [2.05, 4.69) is 168 Å². The quantitative estimate of drug-likeness (QED) is 0.201. The molecule has 0 atom stereocenters. The van der Waals surface area contributed by atoms with Gasteiger partial charge in [-0.15, -0.1) is 0 Å². The second kappa shape index (κ2) is 13.3. The van der Waals surface area contributed by atoms with Gasteiger partial charge in [0.2, 0.25) is 0 Å². The van der Waals surface area contributed by atoms with Crippen molar-refractivity contribution in [3.05, 3.63) is 77.9 Å². The van der Waals surface area contributed by atoms with Crippen LogP contribution in [0.2, 0.25) is 0 Å². The van der Waals surface area contributed by atoms with Crippen molar-refractivity contribution >= 4 is 42.2 Å². The van der Waals surface area contributed by atoms with E-state index in [9.17, 15) is 0 Å². The fraction of sp³-hybridized carbons (Fsp3) is 0.526. The Morgan fingerprint density at radius 2 is 0.805 bits per heavy atom. The maximum Gasteiger partial charge on any atom is 0.118 e. The molecule has 0 heterocycles. The molecule has 0 saturated carbocycles. The van der Waals surface area contributed by atoms with E-state index in [4.69, 9.17) is 0 Å². The molecule has 224 valence electrons. The topological polar surface area (TPSA) is 3.24 Å². The highest BCUT2D eigenvalue weighted by Crippen LogP contribution is 2.66. The van der Waals surface area contributed by atoms with Gasteiger partial charge in [0.25, 0.3) is 0 Å². The van der Waals surface area contributed by atoms with E-state index in [0.29, 0.717) is 34.5 Å².